The highest BCUT2D eigenvalue weighted by Crippen LogP contribution is 2.25. The average Bonchev–Trinajstić information content (AvgIpc) is 3.11. The fraction of sp³-hybridized carbons (Fsp3) is 0.100. The number of anilines is 1. The van der Waals surface area contributed by atoms with Crippen LogP contribution in [0.2, 0.25) is 0 Å². The zero-order valence-corrected chi connectivity index (χ0v) is 15.1. The Labute approximate surface area is 160 Å². The number of aromatic nitrogens is 5. The lowest BCUT2D eigenvalue weighted by molar-refractivity contribution is 0.280. The second kappa shape index (κ2) is 7.43. The highest BCUT2D eigenvalue weighted by atomic mass is 19.1. The maximum atomic E-state index is 13.2. The molecule has 0 atom stereocenters. The molecular formula is C20H17FN6O. The predicted molar refractivity (Wildman–Crippen MR) is 103 cm³/mol. The molecule has 2 aromatic heterocycles. The van der Waals surface area contributed by atoms with E-state index in [0.29, 0.717) is 11.6 Å². The summed E-state index contributed by atoms with van der Waals surface area (Å²) in [4.78, 5) is 12.3. The molecule has 0 spiro atoms. The van der Waals surface area contributed by atoms with Crippen LogP contribution >= 0.6 is 0 Å². The van der Waals surface area contributed by atoms with Gasteiger partial charge in [0.1, 0.15) is 6.61 Å². The van der Waals surface area contributed by atoms with Gasteiger partial charge in [-0.2, -0.15) is 10.1 Å². The van der Waals surface area contributed by atoms with Crippen molar-refractivity contribution in [2.75, 3.05) is 5.73 Å². The highest BCUT2D eigenvalue weighted by Gasteiger charge is 2.15. The normalized spacial score (nSPS) is 10.8. The summed E-state index contributed by atoms with van der Waals surface area (Å²) in [5, 5.41) is 4.52. The molecule has 0 aliphatic rings. The molecule has 7 nitrogen and oxygen atoms in total. The predicted octanol–water partition coefficient (Wildman–Crippen LogP) is 3.24. The maximum Gasteiger partial charge on any atom is 0.318 e. The van der Waals surface area contributed by atoms with Gasteiger partial charge in [0.05, 0.1) is 6.20 Å². The molecule has 0 unspecified atom stereocenters. The lowest BCUT2D eigenvalue weighted by Gasteiger charge is -2.09. The van der Waals surface area contributed by atoms with Crippen molar-refractivity contribution in [2.45, 2.75) is 6.61 Å². The van der Waals surface area contributed by atoms with Crippen molar-refractivity contribution < 1.29 is 9.13 Å². The third kappa shape index (κ3) is 3.52. The second-order valence-electron chi connectivity index (χ2n) is 6.08. The summed E-state index contributed by atoms with van der Waals surface area (Å²) in [7, 11) is 1.84. The van der Waals surface area contributed by atoms with E-state index in [2.05, 4.69) is 20.1 Å². The third-order valence-electron chi connectivity index (χ3n) is 4.16. The zero-order valence-electron chi connectivity index (χ0n) is 15.1. The zero-order chi connectivity index (χ0) is 19.5. The fourth-order valence-corrected chi connectivity index (χ4v) is 2.77. The van der Waals surface area contributed by atoms with Crippen molar-refractivity contribution in [1.82, 2.24) is 24.7 Å². The summed E-state index contributed by atoms with van der Waals surface area (Å²) in [6, 6.07) is 17.5. The molecule has 0 aliphatic carbocycles. The molecule has 0 saturated carbocycles. The van der Waals surface area contributed by atoms with Gasteiger partial charge in [-0.05, 0) is 0 Å². The number of aryl methyl sites for hydroxylation is 1. The second-order valence-corrected chi connectivity index (χ2v) is 6.08. The van der Waals surface area contributed by atoms with Crippen molar-refractivity contribution in [3.8, 4) is 28.8 Å². The molecule has 0 saturated heterocycles. The minimum atomic E-state index is -0.680. The van der Waals surface area contributed by atoms with Crippen LogP contribution in [0.1, 0.15) is 5.56 Å². The molecule has 28 heavy (non-hydrogen) atoms. The smallest absolute Gasteiger partial charge is 0.318 e. The first-order valence-corrected chi connectivity index (χ1v) is 8.57. The number of nitrogens with zero attached hydrogens (tertiary/aromatic N) is 5. The molecular weight excluding hydrogens is 359 g/mol. The Kier molecular flexibility index (Phi) is 4.67. The van der Waals surface area contributed by atoms with E-state index in [9.17, 15) is 4.39 Å². The number of hydrogen-bond acceptors (Lipinski definition) is 6. The molecule has 140 valence electrons. The largest absolute Gasteiger partial charge is 0.459 e. The van der Waals surface area contributed by atoms with Crippen LogP contribution in [0.5, 0.6) is 6.01 Å². The molecule has 0 bridgehead atoms. The first kappa shape index (κ1) is 17.6. The van der Waals surface area contributed by atoms with Gasteiger partial charge in [0.25, 0.3) is 0 Å². The number of benzene rings is 2. The summed E-state index contributed by atoms with van der Waals surface area (Å²) < 4.78 is 20.5. The van der Waals surface area contributed by atoms with Crippen LogP contribution in [-0.4, -0.2) is 24.7 Å². The molecule has 0 fully saturated rings. The van der Waals surface area contributed by atoms with Gasteiger partial charge >= 0.3 is 6.01 Å². The molecule has 4 aromatic rings. The van der Waals surface area contributed by atoms with Crippen LogP contribution < -0.4 is 10.5 Å². The highest BCUT2D eigenvalue weighted by molar-refractivity contribution is 5.64. The molecule has 2 heterocycles. The van der Waals surface area contributed by atoms with Crippen LogP contribution in [0, 0.1) is 5.82 Å². The van der Waals surface area contributed by atoms with Gasteiger partial charge < -0.3 is 10.5 Å². The number of nitrogen functional groups attached to an aromatic ring is 1. The van der Waals surface area contributed by atoms with E-state index >= 15 is 0 Å². The van der Waals surface area contributed by atoms with Gasteiger partial charge in [0.15, 0.2) is 23.3 Å². The number of nitrogens with two attached hydrogens (primary N) is 1. The van der Waals surface area contributed by atoms with Gasteiger partial charge in [-0.25, -0.2) is 19.0 Å². The topological polar surface area (TPSA) is 91.7 Å². The third-order valence-corrected chi connectivity index (χ3v) is 4.16. The number of rotatable bonds is 5. The summed E-state index contributed by atoms with van der Waals surface area (Å²) in [5.74, 6) is 0.417. The fourth-order valence-electron chi connectivity index (χ4n) is 2.77. The summed E-state index contributed by atoms with van der Waals surface area (Å²) in [6.45, 7) is 0.175. The molecule has 2 N–H and O–H groups in total. The van der Waals surface area contributed by atoms with E-state index in [1.165, 1.54) is 0 Å². The van der Waals surface area contributed by atoms with E-state index in [1.54, 1.807) is 4.68 Å². The quantitative estimate of drug-likeness (QED) is 0.575. The van der Waals surface area contributed by atoms with Crippen LogP contribution in [0.25, 0.3) is 22.8 Å². The average molecular weight is 376 g/mol. The molecule has 2 aromatic carbocycles. The van der Waals surface area contributed by atoms with Crippen molar-refractivity contribution in [2.24, 2.45) is 7.05 Å². The first-order valence-electron chi connectivity index (χ1n) is 8.57. The van der Waals surface area contributed by atoms with Crippen LogP contribution in [0.15, 0.2) is 60.8 Å². The molecule has 0 amide bonds. The van der Waals surface area contributed by atoms with Crippen molar-refractivity contribution in [3.63, 3.8) is 0 Å². The van der Waals surface area contributed by atoms with Gasteiger partial charge in [-0.1, -0.05) is 54.6 Å². The minimum absolute atomic E-state index is 0.0108. The van der Waals surface area contributed by atoms with Crippen LogP contribution in [0.4, 0.5) is 10.2 Å². The van der Waals surface area contributed by atoms with Crippen LogP contribution in [0.3, 0.4) is 0 Å². The van der Waals surface area contributed by atoms with Crippen molar-refractivity contribution in [3.05, 3.63) is 72.2 Å². The monoisotopic (exact) mass is 376 g/mol. The SMILES string of the molecule is Cn1nc(-c2ccccc2)nc1-c1ccccc1COc1ncc(F)c(N)n1. The lowest BCUT2D eigenvalue weighted by atomic mass is 10.1. The molecule has 8 heteroatoms. The van der Waals surface area contributed by atoms with Crippen molar-refractivity contribution >= 4 is 5.82 Å². The van der Waals surface area contributed by atoms with E-state index in [4.69, 9.17) is 10.5 Å². The first-order chi connectivity index (χ1) is 13.6. The van der Waals surface area contributed by atoms with E-state index in [-0.39, 0.29) is 18.4 Å². The number of hydrogen-bond donors (Lipinski definition) is 1. The lowest BCUT2D eigenvalue weighted by Crippen LogP contribution is -2.05. The Balaban J connectivity index is 1.63. The Bertz CT molecular complexity index is 1110. The van der Waals surface area contributed by atoms with Gasteiger partial charge in [0, 0.05) is 23.7 Å². The standard InChI is InChI=1S/C20H17FN6O/c1-27-19(25-18(26-27)13-7-3-2-4-8-13)15-10-6-5-9-14(15)12-28-20-23-11-16(21)17(22)24-20/h2-11H,12H2,1H3,(H2,22,23,24). The van der Waals surface area contributed by atoms with E-state index < -0.39 is 5.82 Å². The van der Waals surface area contributed by atoms with Crippen LogP contribution in [-0.2, 0) is 13.7 Å². The Morgan fingerprint density at radius 2 is 1.79 bits per heavy atom. The molecule has 4 rings (SSSR count). The Morgan fingerprint density at radius 1 is 1.04 bits per heavy atom. The van der Waals surface area contributed by atoms with Gasteiger partial charge in [-0.3, -0.25) is 0 Å². The van der Waals surface area contributed by atoms with Gasteiger partial charge in [0.2, 0.25) is 0 Å². The van der Waals surface area contributed by atoms with Crippen molar-refractivity contribution in [1.29, 1.82) is 0 Å². The molecule has 0 radical (unpaired) electrons. The number of halogens is 1. The molecule has 0 aliphatic heterocycles. The van der Waals surface area contributed by atoms with E-state index in [1.807, 2.05) is 61.6 Å². The van der Waals surface area contributed by atoms with E-state index in [0.717, 1.165) is 22.9 Å². The maximum absolute atomic E-state index is 13.2. The summed E-state index contributed by atoms with van der Waals surface area (Å²) in [6.07, 6.45) is 0.985. The Morgan fingerprint density at radius 3 is 2.57 bits per heavy atom. The number of ether oxygens (including phenoxy) is 1. The summed E-state index contributed by atoms with van der Waals surface area (Å²) >= 11 is 0. The summed E-state index contributed by atoms with van der Waals surface area (Å²) in [5.41, 5.74) is 8.13. The van der Waals surface area contributed by atoms with Gasteiger partial charge in [-0.15, -0.1) is 0 Å². The Hall–Kier alpha value is -3.81. The minimum Gasteiger partial charge on any atom is -0.459 e.